The Labute approximate surface area is 159 Å². The van der Waals surface area contributed by atoms with Gasteiger partial charge in [-0.05, 0) is 37.0 Å². The molecule has 1 aliphatic carbocycles. The lowest BCUT2D eigenvalue weighted by Gasteiger charge is -2.17. The number of rotatable bonds is 2. The van der Waals surface area contributed by atoms with Crippen LogP contribution in [0.15, 0.2) is 71.1 Å². The van der Waals surface area contributed by atoms with Gasteiger partial charge in [0.1, 0.15) is 0 Å². The third-order valence-electron chi connectivity index (χ3n) is 4.39. The minimum atomic E-state index is -4.94. The van der Waals surface area contributed by atoms with E-state index in [1.807, 2.05) is 6.07 Å². The van der Waals surface area contributed by atoms with Gasteiger partial charge in [0, 0.05) is 5.56 Å². The molecular formula is C21H19ClO5. The van der Waals surface area contributed by atoms with Crippen molar-refractivity contribution >= 4 is 0 Å². The molecule has 1 heterocycles. The zero-order valence-corrected chi connectivity index (χ0v) is 15.4. The Balaban J connectivity index is 0.000000376. The number of hydrogen-bond acceptors (Lipinski definition) is 4. The Bertz CT molecular complexity index is 870. The van der Waals surface area contributed by atoms with E-state index in [0.717, 1.165) is 24.2 Å². The monoisotopic (exact) mass is 386 g/mol. The van der Waals surface area contributed by atoms with Crippen LogP contribution < -0.4 is 18.6 Å². The second-order valence-corrected chi connectivity index (χ2v) is 7.00. The van der Waals surface area contributed by atoms with Crippen molar-refractivity contribution in [1.29, 1.82) is 0 Å². The van der Waals surface area contributed by atoms with Crippen molar-refractivity contribution in [1.82, 2.24) is 0 Å². The predicted molar refractivity (Wildman–Crippen MR) is 90.6 cm³/mol. The van der Waals surface area contributed by atoms with Crippen LogP contribution in [-0.2, 0) is 12.8 Å². The van der Waals surface area contributed by atoms with Gasteiger partial charge in [0.2, 0.25) is 0 Å². The predicted octanol–water partition coefficient (Wildman–Crippen LogP) is 1.02. The summed E-state index contributed by atoms with van der Waals surface area (Å²) in [7, 11) is -4.94. The fraction of sp³-hybridized carbons (Fsp3) is 0.190. The van der Waals surface area contributed by atoms with Gasteiger partial charge in [0.15, 0.2) is 0 Å². The average molecular weight is 387 g/mol. The summed E-state index contributed by atoms with van der Waals surface area (Å²) in [6, 6.07) is 23.3. The minimum Gasteiger partial charge on any atom is -0.222 e. The maximum atomic E-state index is 8.49. The van der Waals surface area contributed by atoms with Crippen molar-refractivity contribution < 1.29 is 33.3 Å². The zero-order valence-electron chi connectivity index (χ0n) is 14.6. The molecule has 4 rings (SSSR count). The van der Waals surface area contributed by atoms with Gasteiger partial charge < -0.3 is 0 Å². The molecule has 3 aromatic rings. The van der Waals surface area contributed by atoms with Crippen LogP contribution in [0.2, 0.25) is 0 Å². The van der Waals surface area contributed by atoms with Gasteiger partial charge in [-0.25, -0.2) is 23.1 Å². The standard InChI is InChI=1S/C21H19O.ClHO4/c1-3-9-16(10-4-1)19-15-21(17-11-5-2-6-12-17)22-20-14-8-7-13-18(19)20;2-1(3,4)5/h1-6,9-12,15H,7-8,13-14H2;(H,2,3,4,5)/q+1;/p-1. The first-order valence-corrected chi connectivity index (χ1v) is 9.87. The van der Waals surface area contributed by atoms with Crippen molar-refractivity contribution in [3.05, 3.63) is 78.1 Å². The summed E-state index contributed by atoms with van der Waals surface area (Å²) in [5.41, 5.74) is 5.17. The highest BCUT2D eigenvalue weighted by Crippen LogP contribution is 2.36. The topological polar surface area (TPSA) is 104 Å². The first kappa shape index (κ1) is 19.5. The molecule has 0 saturated carbocycles. The summed E-state index contributed by atoms with van der Waals surface area (Å²) in [4.78, 5) is 0. The summed E-state index contributed by atoms with van der Waals surface area (Å²) in [6.07, 6.45) is 4.66. The first-order chi connectivity index (χ1) is 12.9. The van der Waals surface area contributed by atoms with E-state index in [9.17, 15) is 0 Å². The average Bonchev–Trinajstić information content (AvgIpc) is 2.67. The number of hydrogen-bond donors (Lipinski definition) is 0. The Kier molecular flexibility index (Phi) is 6.21. The van der Waals surface area contributed by atoms with Crippen LogP contribution in [0, 0.1) is 10.2 Å². The van der Waals surface area contributed by atoms with Gasteiger partial charge in [-0.2, -0.15) is 0 Å². The Morgan fingerprint density at radius 3 is 1.81 bits per heavy atom. The highest BCUT2D eigenvalue weighted by molar-refractivity contribution is 5.73. The summed E-state index contributed by atoms with van der Waals surface area (Å²) in [5, 5.41) is 0. The van der Waals surface area contributed by atoms with Crippen LogP contribution in [-0.4, -0.2) is 0 Å². The van der Waals surface area contributed by atoms with Gasteiger partial charge in [-0.15, -0.1) is 10.2 Å². The Morgan fingerprint density at radius 2 is 1.22 bits per heavy atom. The SMILES string of the molecule is [O-][Cl+3]([O-])([O-])[O-].c1ccc(-c2cc(-c3ccccc3)c3c([o+]2)CCCC3)cc1. The van der Waals surface area contributed by atoms with E-state index in [1.165, 1.54) is 35.3 Å². The second-order valence-electron chi connectivity index (χ2n) is 6.24. The lowest BCUT2D eigenvalue weighted by molar-refractivity contribution is -2.00. The smallest absolute Gasteiger partial charge is 0.222 e. The lowest BCUT2D eigenvalue weighted by atomic mass is 9.89. The maximum Gasteiger partial charge on any atom is 0.360 e. The van der Waals surface area contributed by atoms with Gasteiger partial charge in [-0.3, -0.25) is 0 Å². The van der Waals surface area contributed by atoms with E-state index in [2.05, 4.69) is 60.7 Å². The van der Waals surface area contributed by atoms with Crippen LogP contribution in [0.1, 0.15) is 24.2 Å². The highest BCUT2D eigenvalue weighted by Gasteiger charge is 2.27. The van der Waals surface area contributed by atoms with Gasteiger partial charge >= 0.3 is 11.5 Å². The highest BCUT2D eigenvalue weighted by atomic mass is 35.7. The molecule has 0 radical (unpaired) electrons. The summed E-state index contributed by atoms with van der Waals surface area (Å²) in [6.45, 7) is 0. The van der Waals surface area contributed by atoms with Crippen LogP contribution in [0.4, 0.5) is 0 Å². The summed E-state index contributed by atoms with van der Waals surface area (Å²) >= 11 is 0. The van der Waals surface area contributed by atoms with Crippen LogP contribution >= 0.6 is 0 Å². The van der Waals surface area contributed by atoms with Crippen molar-refractivity contribution in [2.75, 3.05) is 0 Å². The van der Waals surface area contributed by atoms with Crippen molar-refractivity contribution in [2.24, 2.45) is 0 Å². The zero-order chi connectivity index (χ0) is 19.3. The molecular weight excluding hydrogens is 368 g/mol. The van der Waals surface area contributed by atoms with Crippen LogP contribution in [0.5, 0.6) is 0 Å². The molecule has 0 amide bonds. The third-order valence-corrected chi connectivity index (χ3v) is 4.39. The largest absolute Gasteiger partial charge is 0.360 e. The van der Waals surface area contributed by atoms with Gasteiger partial charge in [0.05, 0.1) is 23.6 Å². The number of benzene rings is 2. The molecule has 0 aliphatic heterocycles. The maximum absolute atomic E-state index is 8.49. The fourth-order valence-corrected chi connectivity index (χ4v) is 3.28. The number of aryl methyl sites for hydroxylation is 1. The first-order valence-electron chi connectivity index (χ1n) is 8.63. The lowest BCUT2D eigenvalue weighted by Crippen LogP contribution is -2.68. The van der Waals surface area contributed by atoms with E-state index in [-0.39, 0.29) is 0 Å². The molecule has 0 fully saturated rings. The van der Waals surface area contributed by atoms with Crippen molar-refractivity contribution in [2.45, 2.75) is 25.7 Å². The molecule has 0 N–H and O–H groups in total. The summed E-state index contributed by atoms with van der Waals surface area (Å²) in [5.74, 6) is 2.14. The second kappa shape index (κ2) is 8.61. The molecule has 0 unspecified atom stereocenters. The summed E-state index contributed by atoms with van der Waals surface area (Å²) < 4.78 is 40.2. The van der Waals surface area contributed by atoms with Crippen molar-refractivity contribution in [3.8, 4) is 22.5 Å². The van der Waals surface area contributed by atoms with Crippen LogP contribution in [0.3, 0.4) is 0 Å². The van der Waals surface area contributed by atoms with E-state index < -0.39 is 10.2 Å². The number of halogens is 1. The molecule has 0 atom stereocenters. The molecule has 1 aromatic heterocycles. The molecule has 1 aliphatic rings. The molecule has 2 aromatic carbocycles. The van der Waals surface area contributed by atoms with E-state index in [4.69, 9.17) is 23.1 Å². The van der Waals surface area contributed by atoms with Crippen LogP contribution in [0.25, 0.3) is 22.5 Å². The van der Waals surface area contributed by atoms with Crippen molar-refractivity contribution in [3.63, 3.8) is 0 Å². The third kappa shape index (κ3) is 5.60. The normalized spacial score (nSPS) is 13.3. The molecule has 27 heavy (non-hydrogen) atoms. The molecule has 6 heteroatoms. The van der Waals surface area contributed by atoms with Gasteiger partial charge in [0.25, 0.3) is 0 Å². The van der Waals surface area contributed by atoms with E-state index >= 15 is 0 Å². The molecule has 140 valence electrons. The van der Waals surface area contributed by atoms with E-state index in [0.29, 0.717) is 0 Å². The Hall–Kier alpha value is -2.28. The fourth-order valence-electron chi connectivity index (χ4n) is 3.28. The molecule has 0 bridgehead atoms. The minimum absolute atomic E-state index is 0.972. The quantitative estimate of drug-likeness (QED) is 0.611. The Morgan fingerprint density at radius 1 is 0.704 bits per heavy atom. The molecule has 0 spiro atoms. The van der Waals surface area contributed by atoms with E-state index in [1.54, 1.807) is 0 Å². The van der Waals surface area contributed by atoms with Gasteiger partial charge in [-0.1, -0.05) is 48.5 Å². The number of fused-ring (bicyclic) bond motifs is 1. The molecule has 0 saturated heterocycles. The molecule has 5 nitrogen and oxygen atoms in total.